The van der Waals surface area contributed by atoms with Gasteiger partial charge in [-0.3, -0.25) is 0 Å². The number of hydrogen-bond acceptors (Lipinski definition) is 0. The minimum absolute atomic E-state index is 0.779. The Hall–Kier alpha value is -3.09. The second-order valence-electron chi connectivity index (χ2n) is 6.75. The molecule has 5 rings (SSSR count). The molecule has 128 valence electrons. The molecule has 0 aromatic heterocycles. The van der Waals surface area contributed by atoms with Crippen molar-refractivity contribution in [2.45, 2.75) is 0 Å². The van der Waals surface area contributed by atoms with Crippen molar-refractivity contribution >= 4 is 33.1 Å². The third kappa shape index (κ3) is 2.79. The van der Waals surface area contributed by atoms with Crippen molar-refractivity contribution in [1.29, 1.82) is 0 Å². The first kappa shape index (κ1) is 16.1. The van der Waals surface area contributed by atoms with E-state index in [4.69, 9.17) is 11.6 Å². The van der Waals surface area contributed by atoms with E-state index in [0.717, 1.165) is 16.1 Å². The molecule has 0 spiro atoms. The van der Waals surface area contributed by atoms with Crippen LogP contribution in [-0.2, 0) is 0 Å². The van der Waals surface area contributed by atoms with Crippen LogP contribution in [0.1, 0.15) is 0 Å². The molecule has 0 atom stereocenters. The van der Waals surface area contributed by atoms with Gasteiger partial charge in [0.25, 0.3) is 0 Å². The highest BCUT2D eigenvalue weighted by Gasteiger charge is 2.09. The largest absolute Gasteiger partial charge is 0.0837 e. The zero-order chi connectivity index (χ0) is 18.2. The topological polar surface area (TPSA) is 0 Å². The Bertz CT molecular complexity index is 1270. The van der Waals surface area contributed by atoms with E-state index >= 15 is 0 Å². The number of rotatable bonds is 2. The molecule has 27 heavy (non-hydrogen) atoms. The Morgan fingerprint density at radius 1 is 0.444 bits per heavy atom. The summed E-state index contributed by atoms with van der Waals surface area (Å²) < 4.78 is 0. The summed E-state index contributed by atoms with van der Waals surface area (Å²) in [5.41, 5.74) is 4.67. The third-order valence-electron chi connectivity index (χ3n) is 5.15. The molecule has 0 heterocycles. The quantitative estimate of drug-likeness (QED) is 0.278. The fraction of sp³-hybridized carbons (Fsp3) is 0. The molecule has 5 aromatic carbocycles. The summed E-state index contributed by atoms with van der Waals surface area (Å²) in [6.07, 6.45) is 0. The summed E-state index contributed by atoms with van der Waals surface area (Å²) in [7, 11) is 0. The fourth-order valence-corrected chi connectivity index (χ4v) is 4.06. The average molecular weight is 365 g/mol. The van der Waals surface area contributed by atoms with Crippen LogP contribution >= 0.6 is 11.6 Å². The molecule has 0 aliphatic rings. The first-order chi connectivity index (χ1) is 13.3. The van der Waals surface area contributed by atoms with Crippen molar-refractivity contribution in [2.24, 2.45) is 0 Å². The first-order valence-corrected chi connectivity index (χ1v) is 9.45. The van der Waals surface area contributed by atoms with E-state index in [-0.39, 0.29) is 0 Å². The van der Waals surface area contributed by atoms with Crippen LogP contribution in [0.5, 0.6) is 0 Å². The lowest BCUT2D eigenvalue weighted by atomic mass is 9.92. The van der Waals surface area contributed by atoms with Gasteiger partial charge >= 0.3 is 0 Å². The maximum atomic E-state index is 6.36. The molecule has 0 N–H and O–H groups in total. The minimum Gasteiger partial charge on any atom is -0.0837 e. The van der Waals surface area contributed by atoms with Crippen molar-refractivity contribution < 1.29 is 0 Å². The van der Waals surface area contributed by atoms with Crippen LogP contribution in [-0.4, -0.2) is 0 Å². The molecule has 5 aromatic rings. The van der Waals surface area contributed by atoms with Crippen molar-refractivity contribution in [3.63, 3.8) is 0 Å². The van der Waals surface area contributed by atoms with Crippen LogP contribution in [0.3, 0.4) is 0 Å². The van der Waals surface area contributed by atoms with Gasteiger partial charge in [0.15, 0.2) is 0 Å². The SMILES string of the molecule is Clc1ccccc1-c1ccc(-c2cc3ccccc3c3ccccc23)cc1. The summed E-state index contributed by atoms with van der Waals surface area (Å²) in [6, 6.07) is 36.2. The summed E-state index contributed by atoms with van der Waals surface area (Å²) in [6.45, 7) is 0. The molecule has 0 bridgehead atoms. The smallest absolute Gasteiger partial charge is 0.0484 e. The molecular formula is C26H17Cl. The van der Waals surface area contributed by atoms with Gasteiger partial charge in [0.2, 0.25) is 0 Å². The normalized spacial score (nSPS) is 11.1. The molecular weight excluding hydrogens is 348 g/mol. The number of benzene rings is 5. The lowest BCUT2D eigenvalue weighted by Crippen LogP contribution is -1.85. The highest BCUT2D eigenvalue weighted by molar-refractivity contribution is 6.33. The predicted octanol–water partition coefficient (Wildman–Crippen LogP) is 7.98. The molecule has 0 fully saturated rings. The van der Waals surface area contributed by atoms with Crippen LogP contribution in [0.15, 0.2) is 103 Å². The Morgan fingerprint density at radius 3 is 1.74 bits per heavy atom. The summed E-state index contributed by atoms with van der Waals surface area (Å²) in [5.74, 6) is 0. The van der Waals surface area contributed by atoms with Crippen molar-refractivity contribution in [3.05, 3.63) is 108 Å². The fourth-order valence-electron chi connectivity index (χ4n) is 3.82. The van der Waals surface area contributed by atoms with Gasteiger partial charge in [-0.15, -0.1) is 0 Å². The van der Waals surface area contributed by atoms with E-state index in [0.29, 0.717) is 0 Å². The van der Waals surface area contributed by atoms with E-state index in [1.54, 1.807) is 0 Å². The first-order valence-electron chi connectivity index (χ1n) is 9.07. The van der Waals surface area contributed by atoms with Gasteiger partial charge in [0, 0.05) is 10.6 Å². The molecule has 0 amide bonds. The van der Waals surface area contributed by atoms with Crippen LogP contribution in [0.4, 0.5) is 0 Å². The maximum absolute atomic E-state index is 6.36. The number of halogens is 1. The Labute approximate surface area is 163 Å². The highest BCUT2D eigenvalue weighted by Crippen LogP contribution is 2.36. The Balaban J connectivity index is 1.70. The van der Waals surface area contributed by atoms with Crippen LogP contribution in [0, 0.1) is 0 Å². The predicted molar refractivity (Wildman–Crippen MR) is 117 cm³/mol. The number of hydrogen-bond donors (Lipinski definition) is 0. The maximum Gasteiger partial charge on any atom is 0.0484 e. The van der Waals surface area contributed by atoms with Gasteiger partial charge in [-0.05, 0) is 50.4 Å². The van der Waals surface area contributed by atoms with Crippen molar-refractivity contribution in [3.8, 4) is 22.3 Å². The molecule has 0 saturated heterocycles. The van der Waals surface area contributed by atoms with Gasteiger partial charge in [0.05, 0.1) is 0 Å². The van der Waals surface area contributed by atoms with E-state index < -0.39 is 0 Å². The second-order valence-corrected chi connectivity index (χ2v) is 7.16. The van der Waals surface area contributed by atoms with Gasteiger partial charge in [0.1, 0.15) is 0 Å². The number of fused-ring (bicyclic) bond motifs is 3. The lowest BCUT2D eigenvalue weighted by molar-refractivity contribution is 1.61. The molecule has 0 radical (unpaired) electrons. The molecule has 0 aliphatic carbocycles. The van der Waals surface area contributed by atoms with E-state index in [1.807, 2.05) is 18.2 Å². The monoisotopic (exact) mass is 364 g/mol. The van der Waals surface area contributed by atoms with Crippen LogP contribution in [0.2, 0.25) is 5.02 Å². The van der Waals surface area contributed by atoms with Crippen molar-refractivity contribution in [2.75, 3.05) is 0 Å². The van der Waals surface area contributed by atoms with Gasteiger partial charge in [-0.1, -0.05) is 103 Å². The zero-order valence-electron chi connectivity index (χ0n) is 14.7. The zero-order valence-corrected chi connectivity index (χ0v) is 15.4. The van der Waals surface area contributed by atoms with Gasteiger partial charge < -0.3 is 0 Å². The molecule has 0 unspecified atom stereocenters. The van der Waals surface area contributed by atoms with Gasteiger partial charge in [-0.2, -0.15) is 0 Å². The molecule has 1 heteroatoms. The molecule has 0 aliphatic heterocycles. The van der Waals surface area contributed by atoms with Crippen LogP contribution in [0.25, 0.3) is 43.8 Å². The Kier molecular flexibility index (Phi) is 3.92. The summed E-state index contributed by atoms with van der Waals surface area (Å²) >= 11 is 6.36. The second kappa shape index (κ2) is 6.57. The van der Waals surface area contributed by atoms with E-state index in [2.05, 4.69) is 84.9 Å². The minimum atomic E-state index is 0.779. The summed E-state index contributed by atoms with van der Waals surface area (Å²) in [5, 5.41) is 5.91. The third-order valence-corrected chi connectivity index (χ3v) is 5.48. The molecule has 0 nitrogen and oxygen atoms in total. The standard InChI is InChI=1S/C26H17Cl/c27-26-12-6-5-9-22(26)18-13-15-19(16-14-18)25-17-20-7-1-2-8-21(20)23-10-3-4-11-24(23)25/h1-17H. The lowest BCUT2D eigenvalue weighted by Gasteiger charge is -2.12. The van der Waals surface area contributed by atoms with Gasteiger partial charge in [-0.25, -0.2) is 0 Å². The van der Waals surface area contributed by atoms with Crippen LogP contribution < -0.4 is 0 Å². The average Bonchev–Trinajstić information content (AvgIpc) is 2.74. The summed E-state index contributed by atoms with van der Waals surface area (Å²) in [4.78, 5) is 0. The Morgan fingerprint density at radius 2 is 1.00 bits per heavy atom. The van der Waals surface area contributed by atoms with Crippen molar-refractivity contribution in [1.82, 2.24) is 0 Å². The molecule has 0 saturated carbocycles. The van der Waals surface area contributed by atoms with E-state index in [9.17, 15) is 0 Å². The van der Waals surface area contributed by atoms with E-state index in [1.165, 1.54) is 32.7 Å². The highest BCUT2D eigenvalue weighted by atomic mass is 35.5.